The van der Waals surface area contributed by atoms with Gasteiger partial charge in [0.25, 0.3) is 0 Å². The summed E-state index contributed by atoms with van der Waals surface area (Å²) in [6.07, 6.45) is 4.99. The molecule has 3 heteroatoms. The average molecular weight is 293 g/mol. The van der Waals surface area contributed by atoms with Crippen molar-refractivity contribution in [3.63, 3.8) is 0 Å². The van der Waals surface area contributed by atoms with Gasteiger partial charge in [0.2, 0.25) is 0 Å². The number of rotatable bonds is 5. The van der Waals surface area contributed by atoms with Crippen LogP contribution in [-0.2, 0) is 9.53 Å². The molecule has 0 amide bonds. The maximum atomic E-state index is 11.2. The topological polar surface area (TPSA) is 38.7 Å². The van der Waals surface area contributed by atoms with E-state index in [0.29, 0.717) is 0 Å². The summed E-state index contributed by atoms with van der Waals surface area (Å²) in [6.45, 7) is 2.05. The predicted molar refractivity (Wildman–Crippen MR) is 89.9 cm³/mol. The maximum absolute atomic E-state index is 11.2. The van der Waals surface area contributed by atoms with Gasteiger partial charge >= 0.3 is 5.97 Å². The number of carbonyl (C=O) groups is 1. The van der Waals surface area contributed by atoms with Crippen molar-refractivity contribution in [3.05, 3.63) is 77.4 Å². The quantitative estimate of drug-likeness (QED) is 0.474. The van der Waals surface area contributed by atoms with Crippen LogP contribution in [0.4, 0.5) is 0 Å². The molecule has 0 aliphatic carbocycles. The Balaban J connectivity index is 2.17. The fourth-order valence-corrected chi connectivity index (χ4v) is 2.02. The van der Waals surface area contributed by atoms with Crippen LogP contribution in [-0.4, -0.2) is 19.3 Å². The molecule has 0 heterocycles. The van der Waals surface area contributed by atoms with E-state index in [1.165, 1.54) is 18.7 Å². The second kappa shape index (κ2) is 7.93. The molecule has 0 N–H and O–H groups in total. The van der Waals surface area contributed by atoms with E-state index < -0.39 is 0 Å². The number of hydrogen-bond donors (Lipinski definition) is 0. The second-order valence-electron chi connectivity index (χ2n) is 4.85. The van der Waals surface area contributed by atoms with Crippen LogP contribution in [0.1, 0.15) is 29.7 Å². The van der Waals surface area contributed by atoms with Crippen LogP contribution in [0.2, 0.25) is 0 Å². The molecule has 2 rings (SSSR count). The van der Waals surface area contributed by atoms with Crippen molar-refractivity contribution in [2.24, 2.45) is 4.99 Å². The van der Waals surface area contributed by atoms with Crippen molar-refractivity contribution in [1.82, 2.24) is 0 Å². The number of carbonyl (C=O) groups excluding carboxylic acids is 1. The lowest BCUT2D eigenvalue weighted by Crippen LogP contribution is -1.95. The third-order valence-corrected chi connectivity index (χ3v) is 3.32. The fourth-order valence-electron chi connectivity index (χ4n) is 2.02. The van der Waals surface area contributed by atoms with Gasteiger partial charge in [-0.05, 0) is 29.7 Å². The van der Waals surface area contributed by atoms with Crippen molar-refractivity contribution in [3.8, 4) is 0 Å². The van der Waals surface area contributed by atoms with E-state index in [1.807, 2.05) is 48.7 Å². The summed E-state index contributed by atoms with van der Waals surface area (Å²) in [5.74, 6) is -0.371. The van der Waals surface area contributed by atoms with E-state index in [0.717, 1.165) is 11.1 Å². The highest BCUT2D eigenvalue weighted by atomic mass is 16.5. The minimum Gasteiger partial charge on any atom is -0.466 e. The predicted octanol–water partition coefficient (Wildman–Crippen LogP) is 4.05. The number of aliphatic imine (C=N–C) groups is 1. The first-order chi connectivity index (χ1) is 10.7. The van der Waals surface area contributed by atoms with Gasteiger partial charge in [-0.25, -0.2) is 4.79 Å². The lowest BCUT2D eigenvalue weighted by atomic mass is 10.1. The lowest BCUT2D eigenvalue weighted by molar-refractivity contribution is -0.134. The SMILES string of the molecule is COC(=O)/C=C/c1ccccc1/C=N/[C@H](C)c1ccccc1. The van der Waals surface area contributed by atoms with E-state index in [4.69, 9.17) is 0 Å². The van der Waals surface area contributed by atoms with Gasteiger partial charge < -0.3 is 4.74 Å². The van der Waals surface area contributed by atoms with Crippen molar-refractivity contribution >= 4 is 18.3 Å². The van der Waals surface area contributed by atoms with Crippen LogP contribution in [0, 0.1) is 0 Å². The molecule has 0 saturated heterocycles. The minimum absolute atomic E-state index is 0.0823. The first-order valence-corrected chi connectivity index (χ1v) is 7.14. The highest BCUT2D eigenvalue weighted by Gasteiger charge is 2.02. The normalized spacial score (nSPS) is 12.6. The zero-order chi connectivity index (χ0) is 15.8. The number of methoxy groups -OCH3 is 1. The molecule has 2 aromatic carbocycles. The molecule has 0 spiro atoms. The molecule has 0 aliphatic rings. The number of ether oxygens (including phenoxy) is 1. The highest BCUT2D eigenvalue weighted by Crippen LogP contribution is 2.16. The van der Waals surface area contributed by atoms with E-state index in [2.05, 4.69) is 28.8 Å². The lowest BCUT2D eigenvalue weighted by Gasteiger charge is -2.06. The first kappa shape index (κ1) is 15.7. The maximum Gasteiger partial charge on any atom is 0.330 e. The van der Waals surface area contributed by atoms with Gasteiger partial charge in [-0.1, -0.05) is 54.6 Å². The second-order valence-corrected chi connectivity index (χ2v) is 4.85. The van der Waals surface area contributed by atoms with Crippen molar-refractivity contribution < 1.29 is 9.53 Å². The van der Waals surface area contributed by atoms with E-state index in [9.17, 15) is 4.79 Å². The van der Waals surface area contributed by atoms with E-state index in [-0.39, 0.29) is 12.0 Å². The highest BCUT2D eigenvalue weighted by molar-refractivity contribution is 5.91. The molecule has 0 bridgehead atoms. The van der Waals surface area contributed by atoms with Crippen LogP contribution in [0.5, 0.6) is 0 Å². The minimum atomic E-state index is -0.371. The smallest absolute Gasteiger partial charge is 0.330 e. The Morgan fingerprint density at radius 3 is 2.36 bits per heavy atom. The largest absolute Gasteiger partial charge is 0.466 e. The molecular weight excluding hydrogens is 274 g/mol. The summed E-state index contributed by atoms with van der Waals surface area (Å²) in [7, 11) is 1.36. The van der Waals surface area contributed by atoms with Gasteiger partial charge in [-0.3, -0.25) is 4.99 Å². The van der Waals surface area contributed by atoms with Gasteiger partial charge in [0, 0.05) is 12.3 Å². The summed E-state index contributed by atoms with van der Waals surface area (Å²) < 4.78 is 4.61. The molecule has 0 aromatic heterocycles. The van der Waals surface area contributed by atoms with Gasteiger partial charge in [-0.15, -0.1) is 0 Å². The standard InChI is InChI=1S/C19H19NO2/c1-15(16-8-4-3-5-9-16)20-14-18-11-7-6-10-17(18)12-13-19(21)22-2/h3-15H,1-2H3/b13-12+,20-14+/t15-/m1/s1. The van der Waals surface area contributed by atoms with Gasteiger partial charge in [0.05, 0.1) is 13.2 Å². The van der Waals surface area contributed by atoms with Gasteiger partial charge in [0.15, 0.2) is 0 Å². The zero-order valence-electron chi connectivity index (χ0n) is 12.8. The molecule has 2 aromatic rings. The summed E-state index contributed by atoms with van der Waals surface area (Å²) in [5, 5.41) is 0. The third-order valence-electron chi connectivity index (χ3n) is 3.32. The van der Waals surface area contributed by atoms with Crippen LogP contribution in [0.25, 0.3) is 6.08 Å². The summed E-state index contributed by atoms with van der Waals surface area (Å²) in [4.78, 5) is 15.8. The molecule has 112 valence electrons. The van der Waals surface area contributed by atoms with Crippen molar-refractivity contribution in [2.75, 3.05) is 7.11 Å². The molecular formula is C19H19NO2. The Morgan fingerprint density at radius 1 is 1.05 bits per heavy atom. The third kappa shape index (κ3) is 4.42. The van der Waals surface area contributed by atoms with E-state index >= 15 is 0 Å². The Bertz CT molecular complexity index is 675. The number of hydrogen-bond acceptors (Lipinski definition) is 3. The van der Waals surface area contributed by atoms with Crippen LogP contribution in [0.15, 0.2) is 65.7 Å². The molecule has 0 unspecified atom stereocenters. The molecule has 22 heavy (non-hydrogen) atoms. The number of nitrogens with zero attached hydrogens (tertiary/aromatic N) is 1. The van der Waals surface area contributed by atoms with Crippen LogP contribution >= 0.6 is 0 Å². The van der Waals surface area contributed by atoms with Crippen LogP contribution in [0.3, 0.4) is 0 Å². The Labute approximate surface area is 131 Å². The monoisotopic (exact) mass is 293 g/mol. The van der Waals surface area contributed by atoms with Crippen molar-refractivity contribution in [2.45, 2.75) is 13.0 Å². The molecule has 1 atom stereocenters. The summed E-state index contributed by atoms with van der Waals surface area (Å²) in [5.41, 5.74) is 3.06. The summed E-state index contributed by atoms with van der Waals surface area (Å²) >= 11 is 0. The molecule has 0 saturated carbocycles. The van der Waals surface area contributed by atoms with Gasteiger partial charge in [0.1, 0.15) is 0 Å². The van der Waals surface area contributed by atoms with E-state index in [1.54, 1.807) is 6.08 Å². The Morgan fingerprint density at radius 2 is 1.68 bits per heavy atom. The fraction of sp³-hybridized carbons (Fsp3) is 0.158. The average Bonchev–Trinajstić information content (AvgIpc) is 2.59. The van der Waals surface area contributed by atoms with Crippen LogP contribution < -0.4 is 0 Å². The Kier molecular flexibility index (Phi) is 5.66. The zero-order valence-corrected chi connectivity index (χ0v) is 12.8. The Hall–Kier alpha value is -2.68. The number of benzene rings is 2. The molecule has 0 fully saturated rings. The first-order valence-electron chi connectivity index (χ1n) is 7.14. The van der Waals surface area contributed by atoms with Gasteiger partial charge in [-0.2, -0.15) is 0 Å². The molecule has 0 aliphatic heterocycles. The molecule has 0 radical (unpaired) electrons. The number of esters is 1. The molecule has 3 nitrogen and oxygen atoms in total. The summed E-state index contributed by atoms with van der Waals surface area (Å²) in [6, 6.07) is 18.0. The van der Waals surface area contributed by atoms with Crippen molar-refractivity contribution in [1.29, 1.82) is 0 Å².